The third-order valence-corrected chi connectivity index (χ3v) is 5.04. The van der Waals surface area contributed by atoms with Gasteiger partial charge in [-0.15, -0.1) is 0 Å². The van der Waals surface area contributed by atoms with E-state index in [0.717, 1.165) is 27.0 Å². The molecule has 0 spiro atoms. The summed E-state index contributed by atoms with van der Waals surface area (Å²) in [6.07, 6.45) is -0.721. The van der Waals surface area contributed by atoms with E-state index in [1.165, 1.54) is 7.11 Å². The van der Waals surface area contributed by atoms with Gasteiger partial charge in [-0.05, 0) is 32.4 Å². The topological polar surface area (TPSA) is 56.8 Å². The van der Waals surface area contributed by atoms with E-state index in [-0.39, 0.29) is 18.2 Å². The third-order valence-electron chi connectivity index (χ3n) is 4.32. The summed E-state index contributed by atoms with van der Waals surface area (Å²) in [6, 6.07) is 7.84. The molecule has 0 bridgehead atoms. The standard InChI is InChI=1S/C18H20BrNO4/c1-9-14(17(21)22-4)16(12-7-5-6-8-13(12)19)15(10(2)20-9)18-23-11(3)24-18/h5-8,11,16,18,20H,1-4H3. The molecule has 2 aliphatic heterocycles. The molecule has 1 unspecified atom stereocenters. The van der Waals surface area contributed by atoms with Crippen molar-refractivity contribution in [2.24, 2.45) is 0 Å². The average Bonchev–Trinajstić information content (AvgIpc) is 2.52. The van der Waals surface area contributed by atoms with E-state index in [1.807, 2.05) is 45.0 Å². The lowest BCUT2D eigenvalue weighted by Crippen LogP contribution is -2.45. The number of ether oxygens (including phenoxy) is 3. The highest BCUT2D eigenvalue weighted by molar-refractivity contribution is 9.10. The average molecular weight is 394 g/mol. The van der Waals surface area contributed by atoms with Crippen LogP contribution in [0.3, 0.4) is 0 Å². The zero-order valence-electron chi connectivity index (χ0n) is 14.1. The fourth-order valence-corrected chi connectivity index (χ4v) is 3.75. The first-order valence-electron chi connectivity index (χ1n) is 7.76. The van der Waals surface area contributed by atoms with Crippen LogP contribution < -0.4 is 5.32 Å². The van der Waals surface area contributed by atoms with Gasteiger partial charge in [0.1, 0.15) is 0 Å². The fourth-order valence-electron chi connectivity index (χ4n) is 3.24. The van der Waals surface area contributed by atoms with Crippen molar-refractivity contribution in [1.29, 1.82) is 0 Å². The Labute approximate surface area is 149 Å². The molecule has 128 valence electrons. The minimum Gasteiger partial charge on any atom is -0.466 e. The molecule has 1 atom stereocenters. The second kappa shape index (κ2) is 6.70. The van der Waals surface area contributed by atoms with E-state index in [4.69, 9.17) is 14.2 Å². The monoisotopic (exact) mass is 393 g/mol. The number of nitrogens with one attached hydrogen (secondary N) is 1. The first-order chi connectivity index (χ1) is 11.4. The van der Waals surface area contributed by atoms with Crippen LogP contribution in [0.2, 0.25) is 0 Å². The Kier molecular flexibility index (Phi) is 4.80. The van der Waals surface area contributed by atoms with Gasteiger partial charge >= 0.3 is 5.97 Å². The quantitative estimate of drug-likeness (QED) is 0.795. The molecule has 1 aromatic rings. The van der Waals surface area contributed by atoms with Crippen LogP contribution in [-0.2, 0) is 19.0 Å². The van der Waals surface area contributed by atoms with Gasteiger partial charge < -0.3 is 19.5 Å². The number of esters is 1. The van der Waals surface area contributed by atoms with E-state index < -0.39 is 6.29 Å². The highest BCUT2D eigenvalue weighted by atomic mass is 79.9. The summed E-state index contributed by atoms with van der Waals surface area (Å²) in [7, 11) is 1.39. The van der Waals surface area contributed by atoms with Crippen LogP contribution in [0.15, 0.2) is 51.3 Å². The van der Waals surface area contributed by atoms with E-state index >= 15 is 0 Å². The molecule has 0 aliphatic carbocycles. The Morgan fingerprint density at radius 1 is 1.21 bits per heavy atom. The maximum Gasteiger partial charge on any atom is 0.336 e. The van der Waals surface area contributed by atoms with Gasteiger partial charge in [0.15, 0.2) is 12.6 Å². The van der Waals surface area contributed by atoms with E-state index in [2.05, 4.69) is 21.2 Å². The van der Waals surface area contributed by atoms with Gasteiger partial charge in [-0.3, -0.25) is 0 Å². The Bertz CT molecular complexity index is 734. The van der Waals surface area contributed by atoms with Gasteiger partial charge in [0.2, 0.25) is 0 Å². The molecule has 2 heterocycles. The van der Waals surface area contributed by atoms with Gasteiger partial charge in [0.05, 0.1) is 12.7 Å². The smallest absolute Gasteiger partial charge is 0.336 e. The minimum atomic E-state index is -0.475. The lowest BCUT2D eigenvalue weighted by molar-refractivity contribution is -0.360. The van der Waals surface area contributed by atoms with Crippen LogP contribution >= 0.6 is 15.9 Å². The Morgan fingerprint density at radius 2 is 1.88 bits per heavy atom. The summed E-state index contributed by atoms with van der Waals surface area (Å²) in [5.74, 6) is -0.662. The van der Waals surface area contributed by atoms with Crippen molar-refractivity contribution in [2.45, 2.75) is 39.3 Å². The lowest BCUT2D eigenvalue weighted by Gasteiger charge is -2.41. The number of dihydropyridines is 1. The Hall–Kier alpha value is -1.63. The number of carbonyl (C=O) groups is 1. The zero-order valence-corrected chi connectivity index (χ0v) is 15.6. The van der Waals surface area contributed by atoms with Gasteiger partial charge in [-0.2, -0.15) is 0 Å². The van der Waals surface area contributed by atoms with Crippen LogP contribution in [-0.4, -0.2) is 25.7 Å². The van der Waals surface area contributed by atoms with Gasteiger partial charge in [-0.1, -0.05) is 34.1 Å². The number of halogens is 1. The molecule has 0 radical (unpaired) electrons. The molecule has 1 N–H and O–H groups in total. The van der Waals surface area contributed by atoms with Gasteiger partial charge in [0.25, 0.3) is 0 Å². The Morgan fingerprint density at radius 3 is 2.46 bits per heavy atom. The van der Waals surface area contributed by atoms with E-state index in [9.17, 15) is 4.79 Å². The van der Waals surface area contributed by atoms with Crippen molar-refractivity contribution < 1.29 is 19.0 Å². The molecule has 1 aromatic carbocycles. The number of carbonyl (C=O) groups excluding carboxylic acids is 1. The molecule has 2 aliphatic rings. The zero-order chi connectivity index (χ0) is 17.4. The number of hydrogen-bond donors (Lipinski definition) is 1. The number of allylic oxidation sites excluding steroid dienone is 2. The summed E-state index contributed by atoms with van der Waals surface area (Å²) < 4.78 is 17.4. The molecule has 6 heteroatoms. The highest BCUT2D eigenvalue weighted by Crippen LogP contribution is 2.45. The second-order valence-electron chi connectivity index (χ2n) is 5.86. The number of rotatable bonds is 3. The molecule has 0 aromatic heterocycles. The molecular formula is C18H20BrNO4. The molecule has 0 saturated carbocycles. The molecular weight excluding hydrogens is 374 g/mol. The molecule has 5 nitrogen and oxygen atoms in total. The largest absolute Gasteiger partial charge is 0.466 e. The van der Waals surface area contributed by atoms with E-state index in [1.54, 1.807) is 0 Å². The van der Waals surface area contributed by atoms with Gasteiger partial charge in [0, 0.05) is 27.4 Å². The molecule has 0 amide bonds. The van der Waals surface area contributed by atoms with Crippen LogP contribution in [0.5, 0.6) is 0 Å². The summed E-state index contributed by atoms with van der Waals surface area (Å²) in [6.45, 7) is 5.69. The molecule has 1 fully saturated rings. The maximum absolute atomic E-state index is 12.5. The van der Waals surface area contributed by atoms with Crippen molar-refractivity contribution >= 4 is 21.9 Å². The van der Waals surface area contributed by atoms with Crippen molar-refractivity contribution in [3.8, 4) is 0 Å². The third kappa shape index (κ3) is 2.90. The first kappa shape index (κ1) is 17.2. The predicted molar refractivity (Wildman–Crippen MR) is 92.9 cm³/mol. The SMILES string of the molecule is COC(=O)C1=C(C)NC(C)=C(C2OC(C)O2)C1c1ccccc1Br. The van der Waals surface area contributed by atoms with Gasteiger partial charge in [-0.25, -0.2) is 4.79 Å². The number of hydrogen-bond acceptors (Lipinski definition) is 5. The summed E-state index contributed by atoms with van der Waals surface area (Å²) in [4.78, 5) is 12.5. The van der Waals surface area contributed by atoms with Crippen molar-refractivity contribution in [3.63, 3.8) is 0 Å². The molecule has 1 saturated heterocycles. The molecule has 3 rings (SSSR count). The van der Waals surface area contributed by atoms with Crippen LogP contribution in [0, 0.1) is 0 Å². The number of benzene rings is 1. The van der Waals surface area contributed by atoms with Crippen molar-refractivity contribution in [3.05, 3.63) is 56.8 Å². The Balaban J connectivity index is 2.15. The van der Waals surface area contributed by atoms with Crippen LogP contribution in [0.1, 0.15) is 32.3 Å². The summed E-state index contributed by atoms with van der Waals surface area (Å²) >= 11 is 3.60. The van der Waals surface area contributed by atoms with Crippen LogP contribution in [0.25, 0.3) is 0 Å². The minimum absolute atomic E-state index is 0.247. The van der Waals surface area contributed by atoms with Crippen molar-refractivity contribution in [1.82, 2.24) is 5.32 Å². The fraction of sp³-hybridized carbons (Fsp3) is 0.389. The van der Waals surface area contributed by atoms with Crippen LogP contribution in [0.4, 0.5) is 0 Å². The summed E-state index contributed by atoms with van der Waals surface area (Å²) in [5.41, 5.74) is 4.14. The van der Waals surface area contributed by atoms with Crippen molar-refractivity contribution in [2.75, 3.05) is 7.11 Å². The normalized spacial score (nSPS) is 26.8. The predicted octanol–water partition coefficient (Wildman–Crippen LogP) is 3.58. The summed E-state index contributed by atoms with van der Waals surface area (Å²) in [5, 5.41) is 3.26. The highest BCUT2D eigenvalue weighted by Gasteiger charge is 2.42. The molecule has 24 heavy (non-hydrogen) atoms. The number of methoxy groups -OCH3 is 1. The van der Waals surface area contributed by atoms with E-state index in [0.29, 0.717) is 5.57 Å². The first-order valence-corrected chi connectivity index (χ1v) is 8.55. The maximum atomic E-state index is 12.5. The second-order valence-corrected chi connectivity index (χ2v) is 6.72. The lowest BCUT2D eigenvalue weighted by atomic mass is 9.80.